The monoisotopic (exact) mass is 378 g/mol. The normalized spacial score (nSPS) is 14.4. The number of aromatic amines is 1. The average molecular weight is 378 g/mol. The first-order chi connectivity index (χ1) is 13.7. The predicted molar refractivity (Wildman–Crippen MR) is 111 cm³/mol. The molecule has 3 aromatic rings. The van der Waals surface area contributed by atoms with Crippen molar-refractivity contribution in [1.82, 2.24) is 14.9 Å². The maximum atomic E-state index is 12.5. The number of aryl methyl sites for hydroxylation is 2. The van der Waals surface area contributed by atoms with Gasteiger partial charge in [0.05, 0.1) is 18.8 Å². The second kappa shape index (κ2) is 8.02. The first-order valence-corrected chi connectivity index (χ1v) is 9.82. The van der Waals surface area contributed by atoms with Crippen molar-refractivity contribution in [2.24, 2.45) is 0 Å². The average Bonchev–Trinajstić information content (AvgIpc) is 3.08. The molecule has 6 nitrogen and oxygen atoms in total. The Bertz CT molecular complexity index is 972. The second-order valence-electron chi connectivity index (χ2n) is 7.15. The molecule has 0 saturated carbocycles. The molecule has 146 valence electrons. The summed E-state index contributed by atoms with van der Waals surface area (Å²) >= 11 is 0. The van der Waals surface area contributed by atoms with E-state index in [1.807, 2.05) is 17.0 Å². The molecule has 0 radical (unpaired) electrons. The highest BCUT2D eigenvalue weighted by atomic mass is 16.5. The number of H-pyrrole nitrogens is 1. The Morgan fingerprint density at radius 3 is 2.79 bits per heavy atom. The molecule has 6 heteroatoms. The van der Waals surface area contributed by atoms with Gasteiger partial charge in [-0.2, -0.15) is 0 Å². The van der Waals surface area contributed by atoms with Crippen LogP contribution in [0, 0.1) is 6.92 Å². The minimum Gasteiger partial charge on any atom is -0.378 e. The first kappa shape index (κ1) is 18.5. The van der Waals surface area contributed by atoms with Crippen molar-refractivity contribution in [3.63, 3.8) is 0 Å². The van der Waals surface area contributed by atoms with E-state index in [1.54, 1.807) is 6.20 Å². The van der Waals surface area contributed by atoms with Crippen LogP contribution >= 0.6 is 0 Å². The highest BCUT2D eigenvalue weighted by molar-refractivity contribution is 5.94. The molecule has 0 unspecified atom stereocenters. The Morgan fingerprint density at radius 2 is 2.07 bits per heavy atom. The molecule has 2 N–H and O–H groups in total. The lowest BCUT2D eigenvalue weighted by Gasteiger charge is -2.26. The molecule has 1 saturated heterocycles. The minimum absolute atomic E-state index is 0.0162. The van der Waals surface area contributed by atoms with Crippen LogP contribution in [0.15, 0.2) is 36.5 Å². The van der Waals surface area contributed by atoms with Crippen molar-refractivity contribution >= 4 is 22.6 Å². The number of nitrogens with zero attached hydrogens (tertiary/aromatic N) is 2. The van der Waals surface area contributed by atoms with Crippen LogP contribution in [-0.4, -0.2) is 47.1 Å². The number of rotatable bonds is 5. The van der Waals surface area contributed by atoms with Crippen LogP contribution in [0.4, 0.5) is 5.82 Å². The summed E-state index contributed by atoms with van der Waals surface area (Å²) < 4.78 is 5.30. The Kier molecular flexibility index (Phi) is 5.30. The first-order valence-electron chi connectivity index (χ1n) is 9.82. The number of pyridine rings is 1. The number of fused-ring (bicyclic) bond motifs is 1. The van der Waals surface area contributed by atoms with Gasteiger partial charge < -0.3 is 19.9 Å². The van der Waals surface area contributed by atoms with E-state index < -0.39 is 0 Å². The maximum absolute atomic E-state index is 12.5. The summed E-state index contributed by atoms with van der Waals surface area (Å²) in [6, 6.07) is 10.2. The summed E-state index contributed by atoms with van der Waals surface area (Å²) in [7, 11) is 0. The summed E-state index contributed by atoms with van der Waals surface area (Å²) in [5, 5.41) is 4.62. The zero-order valence-electron chi connectivity index (χ0n) is 16.4. The van der Waals surface area contributed by atoms with Crippen LogP contribution in [0.3, 0.4) is 0 Å². The zero-order valence-corrected chi connectivity index (χ0v) is 16.4. The molecule has 3 heterocycles. The number of anilines is 1. The Hall–Kier alpha value is -2.86. The van der Waals surface area contributed by atoms with Gasteiger partial charge in [0.2, 0.25) is 0 Å². The second-order valence-corrected chi connectivity index (χ2v) is 7.15. The van der Waals surface area contributed by atoms with E-state index in [0.29, 0.717) is 38.4 Å². The number of ether oxygens (including phenoxy) is 1. The largest absolute Gasteiger partial charge is 0.378 e. The highest BCUT2D eigenvalue weighted by Crippen LogP contribution is 2.23. The number of carbonyl (C=O) groups excluding carboxylic acids is 1. The Balaban J connectivity index is 1.41. The fourth-order valence-corrected chi connectivity index (χ4v) is 3.66. The third-order valence-corrected chi connectivity index (χ3v) is 5.36. The van der Waals surface area contributed by atoms with Crippen molar-refractivity contribution in [3.05, 3.63) is 58.9 Å². The lowest BCUT2D eigenvalue weighted by molar-refractivity contribution is 0.0302. The number of nitrogens with one attached hydrogen (secondary N) is 2. The third-order valence-electron chi connectivity index (χ3n) is 5.36. The van der Waals surface area contributed by atoms with Crippen LogP contribution in [0.25, 0.3) is 10.9 Å². The van der Waals surface area contributed by atoms with E-state index in [0.717, 1.165) is 12.2 Å². The molecule has 4 rings (SSSR count). The molecule has 1 fully saturated rings. The van der Waals surface area contributed by atoms with Gasteiger partial charge in [0.1, 0.15) is 5.82 Å². The molecule has 2 aromatic heterocycles. The van der Waals surface area contributed by atoms with Gasteiger partial charge in [0, 0.05) is 42.4 Å². The van der Waals surface area contributed by atoms with Crippen LogP contribution in [0.1, 0.15) is 34.1 Å². The van der Waals surface area contributed by atoms with Crippen molar-refractivity contribution in [2.75, 3.05) is 31.6 Å². The molecule has 1 amide bonds. The summed E-state index contributed by atoms with van der Waals surface area (Å²) in [4.78, 5) is 22.2. The van der Waals surface area contributed by atoms with Gasteiger partial charge in [-0.25, -0.2) is 4.98 Å². The molecule has 0 spiro atoms. The number of morpholine rings is 1. The van der Waals surface area contributed by atoms with E-state index in [9.17, 15) is 4.79 Å². The van der Waals surface area contributed by atoms with Crippen molar-refractivity contribution < 1.29 is 9.53 Å². The van der Waals surface area contributed by atoms with E-state index in [-0.39, 0.29) is 5.91 Å². The molecular formula is C22H26N4O2. The smallest absolute Gasteiger partial charge is 0.255 e. The van der Waals surface area contributed by atoms with E-state index in [2.05, 4.69) is 47.3 Å². The summed E-state index contributed by atoms with van der Waals surface area (Å²) in [6.45, 7) is 7.50. The summed E-state index contributed by atoms with van der Waals surface area (Å²) in [5.41, 5.74) is 5.62. The lowest BCUT2D eigenvalue weighted by atomic mass is 10.1. The van der Waals surface area contributed by atoms with E-state index in [1.165, 1.54) is 27.7 Å². The molecule has 1 aliphatic heterocycles. The fourth-order valence-electron chi connectivity index (χ4n) is 3.66. The van der Waals surface area contributed by atoms with E-state index >= 15 is 0 Å². The number of hydrogen-bond donors (Lipinski definition) is 2. The molecule has 0 bridgehead atoms. The Labute approximate surface area is 164 Å². The fraction of sp³-hybridized carbons (Fsp3) is 0.364. The maximum Gasteiger partial charge on any atom is 0.255 e. The van der Waals surface area contributed by atoms with Crippen LogP contribution < -0.4 is 5.32 Å². The standard InChI is InChI=1S/C22H26N4O2/c1-3-19-15(2)18-12-16(4-6-20(18)25-19)13-23-21-7-5-17(14-24-21)22(27)26-8-10-28-11-9-26/h4-7,12,14,25H,3,8-11,13H2,1-2H3,(H,23,24). The topological polar surface area (TPSA) is 70.2 Å². The number of carbonyl (C=O) groups is 1. The summed E-state index contributed by atoms with van der Waals surface area (Å²) in [6.07, 6.45) is 2.65. The van der Waals surface area contributed by atoms with Gasteiger partial charge in [-0.05, 0) is 48.7 Å². The Morgan fingerprint density at radius 1 is 1.25 bits per heavy atom. The molecular weight excluding hydrogens is 352 g/mol. The third kappa shape index (κ3) is 3.73. The number of benzene rings is 1. The SMILES string of the molecule is CCc1[nH]c2ccc(CNc3ccc(C(=O)N4CCOCC4)cn3)cc2c1C. The van der Waals surface area contributed by atoms with Crippen molar-refractivity contribution in [2.45, 2.75) is 26.8 Å². The van der Waals surface area contributed by atoms with Gasteiger partial charge in [0.25, 0.3) is 5.91 Å². The molecule has 28 heavy (non-hydrogen) atoms. The van der Waals surface area contributed by atoms with Crippen LogP contribution in [0.2, 0.25) is 0 Å². The minimum atomic E-state index is 0.0162. The molecule has 1 aromatic carbocycles. The zero-order chi connectivity index (χ0) is 19.5. The lowest BCUT2D eigenvalue weighted by Crippen LogP contribution is -2.40. The van der Waals surface area contributed by atoms with Crippen LogP contribution in [0.5, 0.6) is 0 Å². The van der Waals surface area contributed by atoms with E-state index in [4.69, 9.17) is 4.74 Å². The van der Waals surface area contributed by atoms with Crippen molar-refractivity contribution in [3.8, 4) is 0 Å². The molecule has 0 aliphatic carbocycles. The van der Waals surface area contributed by atoms with Crippen molar-refractivity contribution in [1.29, 1.82) is 0 Å². The van der Waals surface area contributed by atoms with Gasteiger partial charge >= 0.3 is 0 Å². The quantitative estimate of drug-likeness (QED) is 0.713. The number of amides is 1. The highest BCUT2D eigenvalue weighted by Gasteiger charge is 2.18. The number of hydrogen-bond acceptors (Lipinski definition) is 4. The van der Waals surface area contributed by atoms with Gasteiger partial charge in [-0.3, -0.25) is 4.79 Å². The predicted octanol–water partition coefficient (Wildman–Crippen LogP) is 3.52. The molecule has 0 atom stereocenters. The summed E-state index contributed by atoms with van der Waals surface area (Å²) in [5.74, 6) is 0.779. The van der Waals surface area contributed by atoms with Crippen LogP contribution in [-0.2, 0) is 17.7 Å². The van der Waals surface area contributed by atoms with Gasteiger partial charge in [-0.15, -0.1) is 0 Å². The molecule has 1 aliphatic rings. The van der Waals surface area contributed by atoms with Gasteiger partial charge in [0.15, 0.2) is 0 Å². The number of aromatic nitrogens is 2. The van der Waals surface area contributed by atoms with Gasteiger partial charge in [-0.1, -0.05) is 13.0 Å².